The molecule has 1 saturated carbocycles. The van der Waals surface area contributed by atoms with Crippen LogP contribution < -0.4 is 5.32 Å². The van der Waals surface area contributed by atoms with Crippen molar-refractivity contribution in [2.24, 2.45) is 11.8 Å². The predicted molar refractivity (Wildman–Crippen MR) is 81.7 cm³/mol. The Morgan fingerprint density at radius 1 is 1.11 bits per heavy atom. The molecule has 18 heavy (non-hydrogen) atoms. The summed E-state index contributed by atoms with van der Waals surface area (Å²) in [4.78, 5) is 0. The molecule has 1 N–H and O–H groups in total. The monoisotopic (exact) mass is 309 g/mol. The lowest BCUT2D eigenvalue weighted by Crippen LogP contribution is -2.37. The van der Waals surface area contributed by atoms with Crippen LogP contribution in [0.2, 0.25) is 0 Å². The molecule has 1 fully saturated rings. The maximum absolute atomic E-state index is 3.79. The van der Waals surface area contributed by atoms with Crippen LogP contribution in [0.1, 0.15) is 51.6 Å². The minimum absolute atomic E-state index is 0.448. The molecule has 4 atom stereocenters. The Balaban J connectivity index is 1.91. The number of halogens is 1. The third-order valence-electron chi connectivity index (χ3n) is 4.45. The average molecular weight is 310 g/mol. The van der Waals surface area contributed by atoms with Crippen molar-refractivity contribution in [1.82, 2.24) is 5.32 Å². The molecule has 1 nitrogen and oxygen atoms in total. The van der Waals surface area contributed by atoms with E-state index in [1.807, 2.05) is 0 Å². The summed E-state index contributed by atoms with van der Waals surface area (Å²) in [5.41, 5.74) is 1.38. The van der Waals surface area contributed by atoms with E-state index in [0.29, 0.717) is 12.1 Å². The molecule has 1 aliphatic carbocycles. The Morgan fingerprint density at radius 3 is 2.39 bits per heavy atom. The van der Waals surface area contributed by atoms with Gasteiger partial charge in [-0.25, -0.2) is 0 Å². The molecule has 2 rings (SSSR count). The van der Waals surface area contributed by atoms with E-state index in [0.717, 1.165) is 16.3 Å². The topological polar surface area (TPSA) is 12.0 Å². The van der Waals surface area contributed by atoms with Gasteiger partial charge in [0.1, 0.15) is 0 Å². The van der Waals surface area contributed by atoms with Crippen LogP contribution in [0.15, 0.2) is 28.7 Å². The largest absolute Gasteiger partial charge is 0.307 e. The van der Waals surface area contributed by atoms with Gasteiger partial charge in [0.05, 0.1) is 0 Å². The van der Waals surface area contributed by atoms with E-state index in [1.54, 1.807) is 0 Å². The van der Waals surface area contributed by atoms with Crippen molar-refractivity contribution >= 4 is 15.9 Å². The Morgan fingerprint density at radius 2 is 1.78 bits per heavy atom. The fourth-order valence-electron chi connectivity index (χ4n) is 2.90. The summed E-state index contributed by atoms with van der Waals surface area (Å²) in [7, 11) is 0. The van der Waals surface area contributed by atoms with Gasteiger partial charge >= 0.3 is 0 Å². The van der Waals surface area contributed by atoms with Gasteiger partial charge in [0.2, 0.25) is 0 Å². The molecule has 0 radical (unpaired) electrons. The van der Waals surface area contributed by atoms with Crippen molar-refractivity contribution in [3.63, 3.8) is 0 Å². The van der Waals surface area contributed by atoms with E-state index in [1.165, 1.54) is 24.8 Å². The number of nitrogens with one attached hydrogen (secondary N) is 1. The Hall–Kier alpha value is -0.340. The molecule has 1 aliphatic rings. The predicted octanol–water partition coefficient (Wildman–Crippen LogP) is 4.92. The zero-order valence-corrected chi connectivity index (χ0v) is 13.2. The molecule has 1 aromatic carbocycles. The molecule has 0 heterocycles. The van der Waals surface area contributed by atoms with Crippen molar-refractivity contribution in [3.8, 4) is 0 Å². The van der Waals surface area contributed by atoms with E-state index < -0.39 is 0 Å². The lowest BCUT2D eigenvalue weighted by Gasteiger charge is -2.34. The molecule has 0 aromatic heterocycles. The van der Waals surface area contributed by atoms with E-state index >= 15 is 0 Å². The highest BCUT2D eigenvalue weighted by Gasteiger charge is 2.25. The lowest BCUT2D eigenvalue weighted by atomic mass is 9.79. The van der Waals surface area contributed by atoms with Gasteiger partial charge < -0.3 is 5.32 Å². The SMILES string of the molecule is CC(NC1CCC(C)C(C)C1)c1ccc(Br)cc1. The second kappa shape index (κ2) is 6.21. The highest BCUT2D eigenvalue weighted by Crippen LogP contribution is 2.30. The van der Waals surface area contributed by atoms with Gasteiger partial charge in [-0.1, -0.05) is 41.9 Å². The van der Waals surface area contributed by atoms with Crippen LogP contribution in [0.5, 0.6) is 0 Å². The van der Waals surface area contributed by atoms with E-state index in [-0.39, 0.29) is 0 Å². The molecular formula is C16H24BrN. The molecule has 2 heteroatoms. The molecule has 1 aromatic rings. The van der Waals surface area contributed by atoms with Crippen molar-refractivity contribution < 1.29 is 0 Å². The summed E-state index contributed by atoms with van der Waals surface area (Å²) in [6, 6.07) is 9.80. The minimum Gasteiger partial charge on any atom is -0.307 e. The number of hydrogen-bond donors (Lipinski definition) is 1. The van der Waals surface area contributed by atoms with Crippen LogP contribution in [0.4, 0.5) is 0 Å². The number of rotatable bonds is 3. The lowest BCUT2D eigenvalue weighted by molar-refractivity contribution is 0.217. The van der Waals surface area contributed by atoms with Crippen LogP contribution in [0.25, 0.3) is 0 Å². The van der Waals surface area contributed by atoms with Gasteiger partial charge in [-0.15, -0.1) is 0 Å². The van der Waals surface area contributed by atoms with E-state index in [9.17, 15) is 0 Å². The Labute approximate surface area is 119 Å². The molecular weight excluding hydrogens is 286 g/mol. The first-order valence-electron chi connectivity index (χ1n) is 7.07. The van der Waals surface area contributed by atoms with Crippen LogP contribution >= 0.6 is 15.9 Å². The average Bonchev–Trinajstić information content (AvgIpc) is 2.34. The summed E-state index contributed by atoms with van der Waals surface area (Å²) in [6.45, 7) is 7.05. The van der Waals surface area contributed by atoms with Crippen molar-refractivity contribution in [1.29, 1.82) is 0 Å². The third-order valence-corrected chi connectivity index (χ3v) is 4.98. The summed E-state index contributed by atoms with van der Waals surface area (Å²) in [5.74, 6) is 1.75. The van der Waals surface area contributed by atoms with Gasteiger partial charge in [0.15, 0.2) is 0 Å². The normalized spacial score (nSPS) is 30.1. The molecule has 0 saturated heterocycles. The van der Waals surface area contributed by atoms with Crippen LogP contribution in [0, 0.1) is 11.8 Å². The first kappa shape index (κ1) is 14.1. The van der Waals surface area contributed by atoms with Gasteiger partial charge in [0.25, 0.3) is 0 Å². The highest BCUT2D eigenvalue weighted by molar-refractivity contribution is 9.10. The molecule has 0 bridgehead atoms. The molecule has 0 spiro atoms. The number of benzene rings is 1. The molecule has 0 aliphatic heterocycles. The Kier molecular flexibility index (Phi) is 4.85. The summed E-state index contributed by atoms with van der Waals surface area (Å²) >= 11 is 3.49. The second-order valence-electron chi connectivity index (χ2n) is 5.90. The summed E-state index contributed by atoms with van der Waals surface area (Å²) in [5, 5.41) is 3.79. The fourth-order valence-corrected chi connectivity index (χ4v) is 3.16. The minimum atomic E-state index is 0.448. The van der Waals surface area contributed by atoms with Crippen molar-refractivity contribution in [2.75, 3.05) is 0 Å². The highest BCUT2D eigenvalue weighted by atomic mass is 79.9. The smallest absolute Gasteiger partial charge is 0.0294 e. The first-order chi connectivity index (χ1) is 8.56. The number of hydrogen-bond acceptors (Lipinski definition) is 1. The zero-order chi connectivity index (χ0) is 13.1. The van der Waals surface area contributed by atoms with Crippen molar-refractivity contribution in [2.45, 2.75) is 52.1 Å². The molecule has 100 valence electrons. The maximum Gasteiger partial charge on any atom is 0.0294 e. The summed E-state index contributed by atoms with van der Waals surface area (Å²) in [6.07, 6.45) is 4.01. The standard InChI is InChI=1S/C16H24BrN/c1-11-4-9-16(10-12(11)2)18-13(3)14-5-7-15(17)8-6-14/h5-8,11-13,16,18H,4,9-10H2,1-3H3. The third kappa shape index (κ3) is 3.58. The van der Waals surface area contributed by atoms with E-state index in [4.69, 9.17) is 0 Å². The van der Waals surface area contributed by atoms with E-state index in [2.05, 4.69) is 66.3 Å². The summed E-state index contributed by atoms with van der Waals surface area (Å²) < 4.78 is 1.15. The van der Waals surface area contributed by atoms with Crippen LogP contribution in [-0.2, 0) is 0 Å². The second-order valence-corrected chi connectivity index (χ2v) is 6.82. The first-order valence-corrected chi connectivity index (χ1v) is 7.87. The van der Waals surface area contributed by atoms with Crippen molar-refractivity contribution in [3.05, 3.63) is 34.3 Å². The fraction of sp³-hybridized carbons (Fsp3) is 0.625. The van der Waals surface area contributed by atoms with Gasteiger partial charge in [-0.3, -0.25) is 0 Å². The van der Waals surface area contributed by atoms with Crippen LogP contribution in [-0.4, -0.2) is 6.04 Å². The van der Waals surface area contributed by atoms with Crippen LogP contribution in [0.3, 0.4) is 0 Å². The Bertz CT molecular complexity index is 373. The zero-order valence-electron chi connectivity index (χ0n) is 11.6. The molecule has 0 amide bonds. The quantitative estimate of drug-likeness (QED) is 0.835. The molecule has 4 unspecified atom stereocenters. The van der Waals surface area contributed by atoms with Gasteiger partial charge in [-0.2, -0.15) is 0 Å². The van der Waals surface area contributed by atoms with Gasteiger partial charge in [-0.05, 0) is 55.7 Å². The van der Waals surface area contributed by atoms with Gasteiger partial charge in [0, 0.05) is 16.6 Å². The maximum atomic E-state index is 3.79.